The first-order chi connectivity index (χ1) is 13.1. The van der Waals surface area contributed by atoms with E-state index in [0.717, 1.165) is 44.4 Å². The number of benzene rings is 1. The number of hydrogen-bond donors (Lipinski definition) is 2. The van der Waals surface area contributed by atoms with E-state index in [1.165, 1.54) is 0 Å². The highest BCUT2D eigenvalue weighted by Crippen LogP contribution is 2.12. The van der Waals surface area contributed by atoms with Crippen molar-refractivity contribution in [2.45, 2.75) is 25.6 Å². The molecule has 0 radical (unpaired) electrons. The third-order valence-electron chi connectivity index (χ3n) is 4.78. The topological polar surface area (TPSA) is 66.0 Å². The van der Waals surface area contributed by atoms with Crippen LogP contribution in [0.25, 0.3) is 0 Å². The van der Waals surface area contributed by atoms with Gasteiger partial charge in [-0.3, -0.25) is 14.1 Å². The lowest BCUT2D eigenvalue weighted by Gasteiger charge is -2.37. The predicted molar refractivity (Wildman–Crippen MR) is 114 cm³/mol. The number of guanidine groups is 1. The third kappa shape index (κ3) is 7.99. The lowest BCUT2D eigenvalue weighted by molar-refractivity contribution is 0.00752. The summed E-state index contributed by atoms with van der Waals surface area (Å²) in [5, 5.41) is 6.71. The fourth-order valence-corrected chi connectivity index (χ4v) is 4.27. The largest absolute Gasteiger partial charge is 0.379 e. The monoisotopic (exact) mass is 394 g/mol. The molecule has 0 aromatic heterocycles. The van der Waals surface area contributed by atoms with Gasteiger partial charge in [-0.15, -0.1) is 0 Å². The van der Waals surface area contributed by atoms with Crippen molar-refractivity contribution < 1.29 is 8.95 Å². The van der Waals surface area contributed by atoms with Crippen LogP contribution in [0.1, 0.15) is 19.4 Å². The summed E-state index contributed by atoms with van der Waals surface area (Å²) in [7, 11) is 0.893. The van der Waals surface area contributed by atoms with Crippen LogP contribution >= 0.6 is 0 Å². The van der Waals surface area contributed by atoms with Crippen LogP contribution in [0.2, 0.25) is 0 Å². The van der Waals surface area contributed by atoms with Crippen LogP contribution in [-0.4, -0.2) is 73.3 Å². The highest BCUT2D eigenvalue weighted by Gasteiger charge is 2.23. The Morgan fingerprint density at radius 1 is 1.22 bits per heavy atom. The lowest BCUT2D eigenvalue weighted by Crippen LogP contribution is -2.52. The summed E-state index contributed by atoms with van der Waals surface area (Å²) in [6, 6.07) is 10.4. The Bertz CT molecular complexity index is 589. The Morgan fingerprint density at radius 2 is 1.93 bits per heavy atom. The molecule has 2 unspecified atom stereocenters. The van der Waals surface area contributed by atoms with Gasteiger partial charge in [0.15, 0.2) is 5.96 Å². The molecule has 7 heteroatoms. The molecule has 2 N–H and O–H groups in total. The van der Waals surface area contributed by atoms with E-state index in [0.29, 0.717) is 30.0 Å². The standard InChI is InChI=1S/C20H34N4O2S/c1-17(2)19(24-10-12-26-13-11-24)15-23-20(21-3)22-9-14-27(25)16-18-7-5-4-6-8-18/h4-8,17,19H,9-16H2,1-3H3,(H2,21,22,23). The zero-order chi connectivity index (χ0) is 19.5. The fourth-order valence-electron chi connectivity index (χ4n) is 3.23. The van der Waals surface area contributed by atoms with Crippen LogP contribution in [0.4, 0.5) is 0 Å². The van der Waals surface area contributed by atoms with Gasteiger partial charge in [0, 0.05) is 61.6 Å². The molecular weight excluding hydrogens is 360 g/mol. The molecule has 27 heavy (non-hydrogen) atoms. The van der Waals surface area contributed by atoms with Crippen molar-refractivity contribution in [2.24, 2.45) is 10.9 Å². The highest BCUT2D eigenvalue weighted by molar-refractivity contribution is 7.84. The molecule has 1 fully saturated rings. The fraction of sp³-hybridized carbons (Fsp3) is 0.650. The van der Waals surface area contributed by atoms with Crippen LogP contribution < -0.4 is 10.6 Å². The lowest BCUT2D eigenvalue weighted by atomic mass is 10.0. The zero-order valence-electron chi connectivity index (χ0n) is 16.8. The first kappa shape index (κ1) is 21.9. The third-order valence-corrected chi connectivity index (χ3v) is 6.09. The van der Waals surface area contributed by atoms with Crippen LogP contribution in [0.15, 0.2) is 35.3 Å². The second-order valence-corrected chi connectivity index (χ2v) is 8.69. The Hall–Kier alpha value is -1.44. The minimum absolute atomic E-state index is 0.444. The van der Waals surface area contributed by atoms with Gasteiger partial charge in [-0.1, -0.05) is 44.2 Å². The summed E-state index contributed by atoms with van der Waals surface area (Å²) in [4.78, 5) is 6.79. The quantitative estimate of drug-likeness (QED) is 0.490. The van der Waals surface area contributed by atoms with Gasteiger partial charge in [0.1, 0.15) is 0 Å². The number of nitrogens with one attached hydrogen (secondary N) is 2. The number of aliphatic imine (C=N–C) groups is 1. The molecule has 1 aromatic carbocycles. The highest BCUT2D eigenvalue weighted by atomic mass is 32.2. The second-order valence-electron chi connectivity index (χ2n) is 7.11. The van der Waals surface area contributed by atoms with Crippen molar-refractivity contribution in [1.82, 2.24) is 15.5 Å². The van der Waals surface area contributed by atoms with E-state index < -0.39 is 10.8 Å². The summed E-state index contributed by atoms with van der Waals surface area (Å²) < 4.78 is 17.7. The maximum Gasteiger partial charge on any atom is 0.191 e. The van der Waals surface area contributed by atoms with Gasteiger partial charge in [0.25, 0.3) is 0 Å². The van der Waals surface area contributed by atoms with Gasteiger partial charge >= 0.3 is 0 Å². The molecule has 1 aliphatic rings. The molecule has 0 aliphatic carbocycles. The van der Waals surface area contributed by atoms with E-state index in [1.807, 2.05) is 30.3 Å². The molecule has 1 heterocycles. The van der Waals surface area contributed by atoms with Crippen molar-refractivity contribution in [2.75, 3.05) is 52.2 Å². The molecule has 6 nitrogen and oxygen atoms in total. The van der Waals surface area contributed by atoms with Crippen LogP contribution in [0.5, 0.6) is 0 Å². The minimum Gasteiger partial charge on any atom is -0.379 e. The Morgan fingerprint density at radius 3 is 2.56 bits per heavy atom. The first-order valence-electron chi connectivity index (χ1n) is 9.75. The van der Waals surface area contributed by atoms with Crippen molar-refractivity contribution in [3.8, 4) is 0 Å². The van der Waals surface area contributed by atoms with Gasteiger partial charge < -0.3 is 15.4 Å². The van der Waals surface area contributed by atoms with Crippen molar-refractivity contribution in [3.63, 3.8) is 0 Å². The van der Waals surface area contributed by atoms with Crippen LogP contribution in [-0.2, 0) is 21.3 Å². The van der Waals surface area contributed by atoms with E-state index in [1.54, 1.807) is 7.05 Å². The zero-order valence-corrected chi connectivity index (χ0v) is 17.6. The molecule has 0 bridgehead atoms. The van der Waals surface area contributed by atoms with E-state index in [2.05, 4.69) is 34.4 Å². The SMILES string of the molecule is CN=C(NCCS(=O)Cc1ccccc1)NCC(C(C)C)N1CCOCC1. The van der Waals surface area contributed by atoms with E-state index >= 15 is 0 Å². The van der Waals surface area contributed by atoms with Gasteiger partial charge in [-0.2, -0.15) is 0 Å². The molecule has 2 rings (SSSR count). The summed E-state index contributed by atoms with van der Waals surface area (Å²) in [5.41, 5.74) is 1.11. The van der Waals surface area contributed by atoms with Crippen molar-refractivity contribution >= 4 is 16.8 Å². The van der Waals surface area contributed by atoms with Gasteiger partial charge in [-0.25, -0.2) is 0 Å². The Kier molecular flexibility index (Phi) is 9.80. The molecule has 1 saturated heterocycles. The van der Waals surface area contributed by atoms with E-state index in [-0.39, 0.29) is 0 Å². The first-order valence-corrected chi connectivity index (χ1v) is 11.2. The second kappa shape index (κ2) is 12.1. The number of morpholine rings is 1. The normalized spacial score (nSPS) is 18.3. The molecule has 152 valence electrons. The summed E-state index contributed by atoms with van der Waals surface area (Å²) in [5.74, 6) is 2.52. The smallest absolute Gasteiger partial charge is 0.191 e. The molecular formula is C20H34N4O2S. The molecule has 2 atom stereocenters. The molecule has 0 saturated carbocycles. The number of ether oxygens (including phenoxy) is 1. The van der Waals surface area contributed by atoms with E-state index in [4.69, 9.17) is 4.74 Å². The van der Waals surface area contributed by atoms with Crippen molar-refractivity contribution in [3.05, 3.63) is 35.9 Å². The summed E-state index contributed by atoms with van der Waals surface area (Å²) in [6.07, 6.45) is 0. The Labute approximate surface area is 166 Å². The Balaban J connectivity index is 1.72. The molecule has 0 spiro atoms. The number of hydrogen-bond acceptors (Lipinski definition) is 4. The predicted octanol–water partition coefficient (Wildman–Crippen LogP) is 1.46. The van der Waals surface area contributed by atoms with Gasteiger partial charge in [0.2, 0.25) is 0 Å². The molecule has 1 aliphatic heterocycles. The van der Waals surface area contributed by atoms with Crippen LogP contribution in [0.3, 0.4) is 0 Å². The summed E-state index contributed by atoms with van der Waals surface area (Å²) in [6.45, 7) is 9.57. The average Bonchev–Trinajstić information content (AvgIpc) is 2.68. The molecule has 0 amide bonds. The number of nitrogens with zero attached hydrogens (tertiary/aromatic N) is 2. The van der Waals surface area contributed by atoms with Gasteiger partial charge in [0.05, 0.1) is 13.2 Å². The van der Waals surface area contributed by atoms with Crippen molar-refractivity contribution in [1.29, 1.82) is 0 Å². The maximum atomic E-state index is 12.2. The van der Waals surface area contributed by atoms with Gasteiger partial charge in [-0.05, 0) is 11.5 Å². The minimum atomic E-state index is -0.881. The summed E-state index contributed by atoms with van der Waals surface area (Å²) >= 11 is 0. The van der Waals surface area contributed by atoms with E-state index in [9.17, 15) is 4.21 Å². The average molecular weight is 395 g/mol. The maximum absolute atomic E-state index is 12.2. The van der Waals surface area contributed by atoms with Crippen LogP contribution in [0, 0.1) is 5.92 Å². The number of rotatable bonds is 9. The molecule has 1 aromatic rings.